The van der Waals surface area contributed by atoms with Crippen molar-refractivity contribution in [2.75, 3.05) is 0 Å². The van der Waals surface area contributed by atoms with Crippen LogP contribution >= 0.6 is 0 Å². The quantitative estimate of drug-likeness (QED) is 0.177. The van der Waals surface area contributed by atoms with E-state index in [4.69, 9.17) is 15.0 Å². The summed E-state index contributed by atoms with van der Waals surface area (Å²) >= 11 is 0. The summed E-state index contributed by atoms with van der Waals surface area (Å²) in [5.74, 6) is 1.81. The Kier molecular flexibility index (Phi) is 8.52. The maximum atomic E-state index is 5.24. The van der Waals surface area contributed by atoms with Crippen molar-refractivity contribution < 1.29 is 0 Å². The second kappa shape index (κ2) is 15.2. The summed E-state index contributed by atoms with van der Waals surface area (Å²) < 4.78 is 4.61. The highest BCUT2D eigenvalue weighted by atomic mass is 15.2. The molecule has 14 rings (SSSR count). The van der Waals surface area contributed by atoms with Crippen molar-refractivity contribution in [1.82, 2.24) is 24.1 Å². The van der Waals surface area contributed by atoms with Crippen LogP contribution in [0.2, 0.25) is 0 Å². The molecule has 0 aliphatic carbocycles. The molecule has 68 heavy (non-hydrogen) atoms. The number of benzene rings is 10. The van der Waals surface area contributed by atoms with Gasteiger partial charge in [-0.3, -0.25) is 4.57 Å². The largest absolute Gasteiger partial charge is 0.309 e. The van der Waals surface area contributed by atoms with Gasteiger partial charge < -0.3 is 4.57 Å². The van der Waals surface area contributed by atoms with Crippen molar-refractivity contribution in [2.24, 2.45) is 0 Å². The third-order valence-electron chi connectivity index (χ3n) is 13.7. The van der Waals surface area contributed by atoms with E-state index in [1.165, 1.54) is 54.1 Å². The lowest BCUT2D eigenvalue weighted by Gasteiger charge is -2.11. The van der Waals surface area contributed by atoms with Crippen LogP contribution in [0.3, 0.4) is 0 Å². The lowest BCUT2D eigenvalue weighted by Crippen LogP contribution is -2.06. The molecule has 0 aliphatic heterocycles. The number of para-hydroxylation sites is 1. The van der Waals surface area contributed by atoms with E-state index in [0.717, 1.165) is 60.2 Å². The summed E-state index contributed by atoms with van der Waals surface area (Å²) in [4.78, 5) is 15.5. The van der Waals surface area contributed by atoms with E-state index in [-0.39, 0.29) is 0 Å². The highest BCUT2D eigenvalue weighted by molar-refractivity contribution is 6.17. The van der Waals surface area contributed by atoms with Gasteiger partial charge in [-0.25, -0.2) is 4.98 Å². The molecule has 0 unspecified atom stereocenters. The molecular weight excluding hydrogens is 827 g/mol. The van der Waals surface area contributed by atoms with E-state index < -0.39 is 0 Å². The number of hydrogen-bond donors (Lipinski definition) is 0. The first kappa shape index (κ1) is 38.1. The van der Waals surface area contributed by atoms with E-state index in [1.54, 1.807) is 0 Å². The minimum absolute atomic E-state index is 0.567. The molecule has 5 nitrogen and oxygen atoms in total. The molecule has 0 atom stereocenters. The fraction of sp³-hybridized carbons (Fsp3) is 0. The van der Waals surface area contributed by atoms with Crippen LogP contribution < -0.4 is 0 Å². The van der Waals surface area contributed by atoms with Crippen molar-refractivity contribution >= 4 is 97.5 Å². The molecule has 0 amide bonds. The van der Waals surface area contributed by atoms with E-state index >= 15 is 0 Å². The van der Waals surface area contributed by atoms with Crippen molar-refractivity contribution in [3.8, 4) is 34.4 Å². The van der Waals surface area contributed by atoms with Crippen molar-refractivity contribution in [1.29, 1.82) is 0 Å². The van der Waals surface area contributed by atoms with Crippen molar-refractivity contribution in [2.45, 2.75) is 0 Å². The maximum absolute atomic E-state index is 5.24. The lowest BCUT2D eigenvalue weighted by molar-refractivity contribution is 0.953. The fourth-order valence-corrected chi connectivity index (χ4v) is 10.4. The van der Waals surface area contributed by atoms with Crippen LogP contribution in [0.1, 0.15) is 0 Å². The lowest BCUT2D eigenvalue weighted by atomic mass is 10.0. The van der Waals surface area contributed by atoms with Crippen LogP contribution in [0.15, 0.2) is 237 Å². The Morgan fingerprint density at radius 3 is 0.897 bits per heavy atom. The van der Waals surface area contributed by atoms with Crippen molar-refractivity contribution in [3.63, 3.8) is 0 Å². The summed E-state index contributed by atoms with van der Waals surface area (Å²) in [6.07, 6.45) is 0. The zero-order chi connectivity index (χ0) is 44.7. The molecule has 14 bridgehead atoms. The first-order valence-electron chi connectivity index (χ1n) is 23.1. The van der Waals surface area contributed by atoms with Crippen LogP contribution in [-0.4, -0.2) is 24.1 Å². The highest BCUT2D eigenvalue weighted by Gasteiger charge is 2.19. The van der Waals surface area contributed by atoms with Gasteiger partial charge in [0.05, 0.1) is 22.1 Å². The first-order chi connectivity index (χ1) is 33.7. The van der Waals surface area contributed by atoms with Crippen LogP contribution in [-0.2, 0) is 0 Å². The third-order valence-corrected chi connectivity index (χ3v) is 13.7. The van der Waals surface area contributed by atoms with Gasteiger partial charge in [0.25, 0.3) is 0 Å². The molecule has 0 saturated heterocycles. The Morgan fingerprint density at radius 2 is 0.544 bits per heavy atom. The molecule has 5 heteroatoms. The Bertz CT molecular complexity index is 4360. The predicted octanol–water partition coefficient (Wildman–Crippen LogP) is 16.3. The SMILES string of the molecule is c1ccc(-c2nc(-c3ccccc3)nc(-n3c4ccc5cc4c4cc(ccc43)c3ccc4c(c3)c3cc(ccc3n4-c3ccccc3)c3cccc(c3)c3cccc(c3)c3cccc5c3)n2)cc1. The van der Waals surface area contributed by atoms with Gasteiger partial charge in [-0.2, -0.15) is 9.97 Å². The summed E-state index contributed by atoms with van der Waals surface area (Å²) in [5.41, 5.74) is 7.36. The Morgan fingerprint density at radius 1 is 0.235 bits per heavy atom. The maximum Gasteiger partial charge on any atom is 0.238 e. The average molecular weight is 866 g/mol. The van der Waals surface area contributed by atoms with Crippen LogP contribution in [0.25, 0.3) is 132 Å². The normalized spacial score (nSPS) is 11.8. The van der Waals surface area contributed by atoms with Gasteiger partial charge in [-0.1, -0.05) is 158 Å². The standard InChI is InChI=1S/C63H39N5/c1-4-13-40(14-5-1)61-64-62(41-15-6-2-7-16-41)66-63(65-61)68-59-31-27-49-37-55(59)56-39-51(28-32-60(56)68)50-26-30-58-54(38-50)53-36-48(25-29-57(53)67(58)52-23-8-3-9-24-52)46-21-11-19-44(34-46)42-17-10-18-43(33-42)45-20-12-22-47(49)35-45/h1-39H. The van der Waals surface area contributed by atoms with Crippen LogP contribution in [0.5, 0.6) is 0 Å². The monoisotopic (exact) mass is 865 g/mol. The Hall–Kier alpha value is -9.19. The van der Waals surface area contributed by atoms with E-state index in [0.29, 0.717) is 17.6 Å². The zero-order valence-corrected chi connectivity index (χ0v) is 36.8. The molecule has 0 spiro atoms. The number of rotatable bonds is 4. The van der Waals surface area contributed by atoms with E-state index in [2.05, 4.69) is 209 Å². The van der Waals surface area contributed by atoms with Gasteiger partial charge in [0.15, 0.2) is 11.6 Å². The van der Waals surface area contributed by atoms with Gasteiger partial charge in [0.2, 0.25) is 5.95 Å². The zero-order valence-electron chi connectivity index (χ0n) is 36.8. The Balaban J connectivity index is 1.12. The second-order valence-electron chi connectivity index (χ2n) is 17.7. The van der Waals surface area contributed by atoms with Gasteiger partial charge in [0, 0.05) is 38.4 Å². The topological polar surface area (TPSA) is 48.5 Å². The highest BCUT2D eigenvalue weighted by Crippen LogP contribution is 2.39. The molecule has 0 radical (unpaired) electrons. The predicted molar refractivity (Wildman–Crippen MR) is 285 cm³/mol. The number of fused-ring (bicyclic) bond motifs is 15. The summed E-state index contributed by atoms with van der Waals surface area (Å²) in [6.45, 7) is 0. The molecule has 11 aromatic carbocycles. The van der Waals surface area contributed by atoms with Gasteiger partial charge in [-0.15, -0.1) is 0 Å². The minimum atomic E-state index is 0.567. The van der Waals surface area contributed by atoms with Gasteiger partial charge in [0.1, 0.15) is 0 Å². The minimum Gasteiger partial charge on any atom is -0.309 e. The molecule has 0 fully saturated rings. The Labute approximate surface area is 390 Å². The number of hydrogen-bond acceptors (Lipinski definition) is 3. The number of nitrogens with zero attached hydrogens (tertiary/aromatic N) is 5. The molecule has 0 saturated carbocycles. The van der Waals surface area contributed by atoms with Gasteiger partial charge in [-0.05, 0) is 133 Å². The van der Waals surface area contributed by atoms with Crippen LogP contribution in [0.4, 0.5) is 0 Å². The average Bonchev–Trinajstić information content (AvgIpc) is 3.92. The van der Waals surface area contributed by atoms with Crippen LogP contribution in [0, 0.1) is 0 Å². The summed E-state index contributed by atoms with van der Waals surface area (Å²) in [6, 6.07) is 85.4. The van der Waals surface area contributed by atoms with Gasteiger partial charge >= 0.3 is 0 Å². The number of aromatic nitrogens is 5. The first-order valence-corrected chi connectivity index (χ1v) is 23.1. The molecule has 0 N–H and O–H groups in total. The molecular formula is C63H39N5. The van der Waals surface area contributed by atoms with E-state index in [9.17, 15) is 0 Å². The summed E-state index contributed by atoms with van der Waals surface area (Å²) in [7, 11) is 0. The smallest absolute Gasteiger partial charge is 0.238 e. The molecule has 3 aromatic heterocycles. The van der Waals surface area contributed by atoms with E-state index in [1.807, 2.05) is 36.4 Å². The second-order valence-corrected chi connectivity index (χ2v) is 17.7. The molecule has 14 aromatic rings. The molecule has 3 heterocycles. The summed E-state index contributed by atoms with van der Waals surface area (Å²) in [5, 5.41) is 16.3. The molecule has 0 aliphatic rings. The molecule has 316 valence electrons. The fourth-order valence-electron chi connectivity index (χ4n) is 10.4. The van der Waals surface area contributed by atoms with Crippen molar-refractivity contribution in [3.05, 3.63) is 237 Å². The third kappa shape index (κ3) is 6.21.